The van der Waals surface area contributed by atoms with Crippen LogP contribution in [0.15, 0.2) is 58.1 Å². The van der Waals surface area contributed by atoms with Crippen LogP contribution in [0.2, 0.25) is 0 Å². The average Bonchev–Trinajstić information content (AvgIpc) is 2.70. The van der Waals surface area contributed by atoms with Crippen molar-refractivity contribution in [3.8, 4) is 5.75 Å². The number of nitrogens with one attached hydrogen (secondary N) is 2. The van der Waals surface area contributed by atoms with E-state index in [-0.39, 0.29) is 10.7 Å². The second-order valence-corrected chi connectivity index (χ2v) is 7.15. The molecule has 3 rings (SSSR count). The summed E-state index contributed by atoms with van der Waals surface area (Å²) in [5.41, 5.74) is 0.319. The molecule has 156 valence electrons. The van der Waals surface area contributed by atoms with Gasteiger partial charge in [0.05, 0.1) is 6.61 Å². The Labute approximate surface area is 173 Å². The fourth-order valence-corrected chi connectivity index (χ4v) is 2.86. The molecule has 30 heavy (non-hydrogen) atoms. The lowest BCUT2D eigenvalue weighted by Gasteiger charge is -2.10. The van der Waals surface area contributed by atoms with E-state index in [1.165, 1.54) is 24.3 Å². The zero-order chi connectivity index (χ0) is 21.5. The molecule has 0 unspecified atom stereocenters. The van der Waals surface area contributed by atoms with Crippen LogP contribution < -0.4 is 26.6 Å². The number of rotatable bonds is 7. The first-order valence-electron chi connectivity index (χ1n) is 9.60. The van der Waals surface area contributed by atoms with Crippen molar-refractivity contribution in [2.24, 2.45) is 0 Å². The highest BCUT2D eigenvalue weighted by Crippen LogP contribution is 2.12. The van der Waals surface area contributed by atoms with Crippen LogP contribution in [0, 0.1) is 5.82 Å². The number of nitrogens with zero attached hydrogens (tertiary/aromatic N) is 1. The Morgan fingerprint density at radius 2 is 1.57 bits per heavy atom. The highest BCUT2D eigenvalue weighted by atomic mass is 19.1. The molecule has 1 heterocycles. The Kier molecular flexibility index (Phi) is 6.98. The molecule has 2 N–H and O–H groups in total. The van der Waals surface area contributed by atoms with Gasteiger partial charge in [-0.2, -0.15) is 0 Å². The Balaban J connectivity index is 1.80. The van der Waals surface area contributed by atoms with Crippen molar-refractivity contribution in [2.45, 2.75) is 6.42 Å². The van der Waals surface area contributed by atoms with E-state index < -0.39 is 16.9 Å². The molecular formula is C23H24FN3O3. The summed E-state index contributed by atoms with van der Waals surface area (Å²) in [5, 5.41) is 0.195. The molecule has 0 aliphatic rings. The Morgan fingerprint density at radius 1 is 0.933 bits per heavy atom. The van der Waals surface area contributed by atoms with E-state index in [9.17, 15) is 14.0 Å². The minimum Gasteiger partial charge on any atom is -0.494 e. The highest BCUT2D eigenvalue weighted by Gasteiger charge is 1.99. The third-order valence-corrected chi connectivity index (χ3v) is 4.35. The maximum atomic E-state index is 13.3. The van der Waals surface area contributed by atoms with Gasteiger partial charge in [0, 0.05) is 6.54 Å². The molecule has 0 saturated carbocycles. The van der Waals surface area contributed by atoms with Gasteiger partial charge in [-0.25, -0.2) is 4.39 Å². The largest absolute Gasteiger partial charge is 0.494 e. The Bertz CT molecular complexity index is 1230. The first kappa shape index (κ1) is 21.3. The molecular weight excluding hydrogens is 385 g/mol. The van der Waals surface area contributed by atoms with Crippen LogP contribution in [0.25, 0.3) is 12.2 Å². The van der Waals surface area contributed by atoms with Crippen molar-refractivity contribution in [3.05, 3.63) is 96.9 Å². The molecule has 6 nitrogen and oxygen atoms in total. The summed E-state index contributed by atoms with van der Waals surface area (Å²) >= 11 is 0. The number of H-pyrrole nitrogens is 2. The van der Waals surface area contributed by atoms with Crippen molar-refractivity contribution in [2.75, 3.05) is 27.2 Å². The van der Waals surface area contributed by atoms with E-state index in [2.05, 4.69) is 14.9 Å². The average molecular weight is 409 g/mol. The van der Waals surface area contributed by atoms with E-state index >= 15 is 0 Å². The molecule has 7 heteroatoms. The lowest BCUT2D eigenvalue weighted by molar-refractivity contribution is 0.281. The number of hydrogen-bond acceptors (Lipinski definition) is 4. The molecule has 0 atom stereocenters. The summed E-state index contributed by atoms with van der Waals surface area (Å²) in [6, 6.07) is 13.0. The van der Waals surface area contributed by atoms with Crippen molar-refractivity contribution < 1.29 is 9.13 Å². The first-order valence-corrected chi connectivity index (χ1v) is 9.60. The van der Waals surface area contributed by atoms with E-state index in [1.54, 1.807) is 12.1 Å². The fraction of sp³-hybridized carbons (Fsp3) is 0.217. The van der Waals surface area contributed by atoms with Gasteiger partial charge in [0.15, 0.2) is 0 Å². The van der Waals surface area contributed by atoms with Crippen LogP contribution in [-0.4, -0.2) is 42.1 Å². The molecule has 0 saturated heterocycles. The standard InChI is InChI=1S/C23H24FN3O3/c1-27(2)11-4-12-30-19-9-7-16(8-10-19)14-20-22(28)26-21(23(29)25-20)15-17-5-3-6-18(24)13-17/h3,5-10,13-15H,4,11-12H2,1-2H3,(H,25,29)(H,26,28). The summed E-state index contributed by atoms with van der Waals surface area (Å²) < 4.78 is 19.0. The number of aromatic nitrogens is 2. The predicted octanol–water partition coefficient (Wildman–Crippen LogP) is 1.19. The summed E-state index contributed by atoms with van der Waals surface area (Å²) in [7, 11) is 4.03. The molecule has 0 aliphatic carbocycles. The topological polar surface area (TPSA) is 78.2 Å². The van der Waals surface area contributed by atoms with Crippen molar-refractivity contribution in [3.63, 3.8) is 0 Å². The summed E-state index contributed by atoms with van der Waals surface area (Å²) in [6.45, 7) is 1.58. The zero-order valence-corrected chi connectivity index (χ0v) is 16.9. The van der Waals surface area contributed by atoms with Crippen molar-refractivity contribution in [1.29, 1.82) is 0 Å². The fourth-order valence-electron chi connectivity index (χ4n) is 2.86. The van der Waals surface area contributed by atoms with Gasteiger partial charge in [-0.3, -0.25) is 9.59 Å². The van der Waals surface area contributed by atoms with Crippen LogP contribution in [-0.2, 0) is 0 Å². The molecule has 2 aromatic carbocycles. The molecule has 0 aliphatic heterocycles. The molecule has 0 fully saturated rings. The number of halogens is 1. The monoisotopic (exact) mass is 409 g/mol. The summed E-state index contributed by atoms with van der Waals surface area (Å²) in [6.07, 6.45) is 3.94. The van der Waals surface area contributed by atoms with Gasteiger partial charge >= 0.3 is 0 Å². The number of hydrogen-bond donors (Lipinski definition) is 2. The number of benzene rings is 2. The smallest absolute Gasteiger partial charge is 0.272 e. The van der Waals surface area contributed by atoms with Gasteiger partial charge < -0.3 is 19.6 Å². The van der Waals surface area contributed by atoms with Crippen molar-refractivity contribution >= 4 is 12.2 Å². The lowest BCUT2D eigenvalue weighted by Crippen LogP contribution is -2.46. The zero-order valence-electron chi connectivity index (χ0n) is 16.9. The molecule has 0 bridgehead atoms. The lowest BCUT2D eigenvalue weighted by atomic mass is 10.2. The van der Waals surface area contributed by atoms with E-state index in [0.29, 0.717) is 12.2 Å². The van der Waals surface area contributed by atoms with Gasteiger partial charge in [0.2, 0.25) is 0 Å². The second-order valence-electron chi connectivity index (χ2n) is 7.15. The first-order chi connectivity index (χ1) is 14.4. The minimum absolute atomic E-state index is 0.0595. The van der Waals surface area contributed by atoms with Crippen LogP contribution in [0.3, 0.4) is 0 Å². The molecule has 1 aromatic heterocycles. The van der Waals surface area contributed by atoms with Gasteiger partial charge in [-0.05, 0) is 68.1 Å². The molecule has 0 radical (unpaired) electrons. The Morgan fingerprint density at radius 3 is 2.17 bits per heavy atom. The van der Waals surface area contributed by atoms with Gasteiger partial charge in [0.25, 0.3) is 11.1 Å². The van der Waals surface area contributed by atoms with Crippen molar-refractivity contribution in [1.82, 2.24) is 14.9 Å². The SMILES string of the molecule is CN(C)CCCOc1ccc(C=c2[nH]c(=O)c(=Cc3cccc(F)c3)[nH]c2=O)cc1. The van der Waals surface area contributed by atoms with E-state index in [0.717, 1.165) is 24.3 Å². The second kappa shape index (κ2) is 9.84. The quantitative estimate of drug-likeness (QED) is 0.575. The predicted molar refractivity (Wildman–Crippen MR) is 116 cm³/mol. The third-order valence-electron chi connectivity index (χ3n) is 4.35. The highest BCUT2D eigenvalue weighted by molar-refractivity contribution is 5.50. The molecule has 3 aromatic rings. The minimum atomic E-state index is -0.467. The molecule has 0 spiro atoms. The number of ether oxygens (including phenoxy) is 1. The van der Waals surface area contributed by atoms with Gasteiger partial charge in [0.1, 0.15) is 22.3 Å². The number of aromatic amines is 2. The van der Waals surface area contributed by atoms with Gasteiger partial charge in [-0.15, -0.1) is 0 Å². The van der Waals surface area contributed by atoms with Gasteiger partial charge in [-0.1, -0.05) is 24.3 Å². The summed E-state index contributed by atoms with van der Waals surface area (Å²) in [4.78, 5) is 31.9. The van der Waals surface area contributed by atoms with E-state index in [1.807, 2.05) is 38.4 Å². The normalized spacial score (nSPS) is 12.5. The maximum Gasteiger partial charge on any atom is 0.272 e. The van der Waals surface area contributed by atoms with Crippen LogP contribution in [0.1, 0.15) is 17.5 Å². The maximum absolute atomic E-state index is 13.3. The third kappa shape index (κ3) is 6.02. The molecule has 0 amide bonds. The summed E-state index contributed by atoms with van der Waals surface area (Å²) in [5.74, 6) is 0.325. The Hall–Kier alpha value is -3.45. The van der Waals surface area contributed by atoms with E-state index in [4.69, 9.17) is 4.74 Å². The van der Waals surface area contributed by atoms with Crippen LogP contribution in [0.4, 0.5) is 4.39 Å². The van der Waals surface area contributed by atoms with Crippen LogP contribution in [0.5, 0.6) is 5.75 Å². The van der Waals surface area contributed by atoms with Crippen LogP contribution >= 0.6 is 0 Å².